The van der Waals surface area contributed by atoms with Crippen molar-refractivity contribution in [1.82, 2.24) is 9.88 Å². The van der Waals surface area contributed by atoms with Gasteiger partial charge in [0.05, 0.1) is 19.8 Å². The molecule has 2 heterocycles. The van der Waals surface area contributed by atoms with Crippen LogP contribution >= 0.6 is 0 Å². The Morgan fingerprint density at radius 3 is 2.94 bits per heavy atom. The Balaban J connectivity index is 1.58. The van der Waals surface area contributed by atoms with E-state index in [-0.39, 0.29) is 0 Å². The molecule has 1 saturated heterocycles. The summed E-state index contributed by atoms with van der Waals surface area (Å²) in [6.45, 7) is 5.62. The van der Waals surface area contributed by atoms with E-state index in [0.717, 1.165) is 45.9 Å². The molecule has 0 aliphatic carbocycles. The van der Waals surface area contributed by atoms with Crippen LogP contribution in [0.4, 0.5) is 0 Å². The molecule has 1 fully saturated rings. The molecule has 1 aliphatic heterocycles. The molecule has 1 aromatic heterocycles. The first-order valence-corrected chi connectivity index (χ1v) is 5.79. The summed E-state index contributed by atoms with van der Waals surface area (Å²) in [6, 6.07) is 5.71. The van der Waals surface area contributed by atoms with Crippen LogP contribution in [0.5, 0.6) is 5.88 Å². The molecule has 0 radical (unpaired) electrons. The van der Waals surface area contributed by atoms with Crippen LogP contribution in [-0.2, 0) is 4.74 Å². The molecule has 0 saturated carbocycles. The predicted octanol–water partition coefficient (Wildman–Crippen LogP) is 1.18. The molecule has 0 bridgehead atoms. The fourth-order valence-electron chi connectivity index (χ4n) is 1.72. The molecule has 88 valence electrons. The van der Waals surface area contributed by atoms with Gasteiger partial charge >= 0.3 is 0 Å². The Labute approximate surface area is 96.2 Å². The maximum Gasteiger partial charge on any atom is 0.213 e. The zero-order valence-corrected chi connectivity index (χ0v) is 9.47. The Morgan fingerprint density at radius 2 is 2.19 bits per heavy atom. The number of morpholine rings is 1. The quantitative estimate of drug-likeness (QED) is 0.701. The van der Waals surface area contributed by atoms with Gasteiger partial charge < -0.3 is 9.47 Å². The van der Waals surface area contributed by atoms with Gasteiger partial charge in [0, 0.05) is 31.9 Å². The summed E-state index contributed by atoms with van der Waals surface area (Å²) >= 11 is 0. The van der Waals surface area contributed by atoms with Crippen molar-refractivity contribution < 1.29 is 9.47 Å². The van der Waals surface area contributed by atoms with Crippen LogP contribution in [0.3, 0.4) is 0 Å². The molecular formula is C12H18N2O2. The second-order valence-corrected chi connectivity index (χ2v) is 3.82. The molecule has 0 atom stereocenters. The van der Waals surface area contributed by atoms with Gasteiger partial charge in [-0.05, 0) is 12.5 Å². The van der Waals surface area contributed by atoms with E-state index < -0.39 is 0 Å². The lowest BCUT2D eigenvalue weighted by atomic mass is 10.3. The average Bonchev–Trinajstić information content (AvgIpc) is 2.37. The molecule has 0 amide bonds. The van der Waals surface area contributed by atoms with Gasteiger partial charge in [0.15, 0.2) is 0 Å². The molecule has 1 aromatic rings. The fourth-order valence-corrected chi connectivity index (χ4v) is 1.72. The summed E-state index contributed by atoms with van der Waals surface area (Å²) in [7, 11) is 0. The zero-order valence-electron chi connectivity index (χ0n) is 9.47. The van der Waals surface area contributed by atoms with Crippen molar-refractivity contribution in [2.24, 2.45) is 0 Å². The smallest absolute Gasteiger partial charge is 0.213 e. The lowest BCUT2D eigenvalue weighted by molar-refractivity contribution is 0.0357. The van der Waals surface area contributed by atoms with Gasteiger partial charge in [-0.15, -0.1) is 0 Å². The lowest BCUT2D eigenvalue weighted by Gasteiger charge is -2.26. The third-order valence-corrected chi connectivity index (χ3v) is 2.61. The van der Waals surface area contributed by atoms with Crippen LogP contribution in [0.2, 0.25) is 0 Å². The maximum absolute atomic E-state index is 5.53. The highest BCUT2D eigenvalue weighted by Crippen LogP contribution is 2.04. The van der Waals surface area contributed by atoms with Crippen LogP contribution in [0, 0.1) is 0 Å². The van der Waals surface area contributed by atoms with Gasteiger partial charge in [0.1, 0.15) is 0 Å². The standard InChI is InChI=1S/C12H18N2O2/c1-2-5-13-12(4-1)16-9-3-6-14-7-10-15-11-8-14/h1-2,4-5H,3,6-11H2. The van der Waals surface area contributed by atoms with Gasteiger partial charge in [-0.3, -0.25) is 4.90 Å². The summed E-state index contributed by atoms with van der Waals surface area (Å²) in [4.78, 5) is 6.52. The maximum atomic E-state index is 5.53. The monoisotopic (exact) mass is 222 g/mol. The predicted molar refractivity (Wildman–Crippen MR) is 61.6 cm³/mol. The van der Waals surface area contributed by atoms with E-state index in [0.29, 0.717) is 5.88 Å². The zero-order chi connectivity index (χ0) is 11.1. The summed E-state index contributed by atoms with van der Waals surface area (Å²) in [6.07, 6.45) is 2.79. The number of nitrogens with zero attached hydrogens (tertiary/aromatic N) is 2. The molecule has 0 spiro atoms. The van der Waals surface area contributed by atoms with Crippen molar-refractivity contribution in [2.75, 3.05) is 39.5 Å². The van der Waals surface area contributed by atoms with Gasteiger partial charge in [0.25, 0.3) is 0 Å². The summed E-state index contributed by atoms with van der Waals surface area (Å²) in [5.41, 5.74) is 0. The minimum absolute atomic E-state index is 0.712. The summed E-state index contributed by atoms with van der Waals surface area (Å²) < 4.78 is 10.8. The highest BCUT2D eigenvalue weighted by atomic mass is 16.5. The number of aromatic nitrogens is 1. The molecule has 4 nitrogen and oxygen atoms in total. The lowest BCUT2D eigenvalue weighted by Crippen LogP contribution is -2.37. The van der Waals surface area contributed by atoms with Crippen molar-refractivity contribution in [3.63, 3.8) is 0 Å². The number of pyridine rings is 1. The molecule has 0 N–H and O–H groups in total. The van der Waals surface area contributed by atoms with E-state index in [4.69, 9.17) is 9.47 Å². The Hall–Kier alpha value is -1.13. The molecule has 2 rings (SSSR count). The average molecular weight is 222 g/mol. The van der Waals surface area contributed by atoms with Gasteiger partial charge in [-0.2, -0.15) is 0 Å². The highest BCUT2D eigenvalue weighted by Gasteiger charge is 2.09. The number of rotatable bonds is 5. The van der Waals surface area contributed by atoms with Gasteiger partial charge in [0.2, 0.25) is 5.88 Å². The van der Waals surface area contributed by atoms with Crippen LogP contribution in [0.1, 0.15) is 6.42 Å². The molecule has 0 aromatic carbocycles. The van der Waals surface area contributed by atoms with Crippen LogP contribution < -0.4 is 4.74 Å². The molecule has 1 aliphatic rings. The van der Waals surface area contributed by atoms with E-state index in [1.807, 2.05) is 18.2 Å². The van der Waals surface area contributed by atoms with Gasteiger partial charge in [-0.25, -0.2) is 4.98 Å². The Bertz CT molecular complexity index is 286. The molecular weight excluding hydrogens is 204 g/mol. The van der Waals surface area contributed by atoms with E-state index in [1.165, 1.54) is 0 Å². The first-order valence-electron chi connectivity index (χ1n) is 5.79. The van der Waals surface area contributed by atoms with E-state index in [9.17, 15) is 0 Å². The third kappa shape index (κ3) is 3.79. The molecule has 0 unspecified atom stereocenters. The Morgan fingerprint density at radius 1 is 1.31 bits per heavy atom. The second-order valence-electron chi connectivity index (χ2n) is 3.82. The highest BCUT2D eigenvalue weighted by molar-refractivity contribution is 5.08. The SMILES string of the molecule is c1ccc(OCCCN2CCOCC2)nc1. The van der Waals surface area contributed by atoms with Crippen LogP contribution in [-0.4, -0.2) is 49.3 Å². The fraction of sp³-hybridized carbons (Fsp3) is 0.583. The molecule has 4 heteroatoms. The van der Waals surface area contributed by atoms with Crippen molar-refractivity contribution in [2.45, 2.75) is 6.42 Å². The molecule has 16 heavy (non-hydrogen) atoms. The van der Waals surface area contributed by atoms with Crippen LogP contribution in [0.15, 0.2) is 24.4 Å². The minimum Gasteiger partial charge on any atom is -0.478 e. The van der Waals surface area contributed by atoms with E-state index >= 15 is 0 Å². The largest absolute Gasteiger partial charge is 0.478 e. The van der Waals surface area contributed by atoms with Crippen molar-refractivity contribution in [3.8, 4) is 5.88 Å². The number of ether oxygens (including phenoxy) is 2. The number of hydrogen-bond acceptors (Lipinski definition) is 4. The van der Waals surface area contributed by atoms with Gasteiger partial charge in [-0.1, -0.05) is 6.07 Å². The van der Waals surface area contributed by atoms with Crippen molar-refractivity contribution >= 4 is 0 Å². The second kappa shape index (κ2) is 6.45. The summed E-state index contributed by atoms with van der Waals surface area (Å²) in [5.74, 6) is 0.712. The first kappa shape index (κ1) is 11.4. The third-order valence-electron chi connectivity index (χ3n) is 2.61. The first-order chi connectivity index (χ1) is 7.95. The van der Waals surface area contributed by atoms with E-state index in [1.54, 1.807) is 6.20 Å². The van der Waals surface area contributed by atoms with Crippen molar-refractivity contribution in [3.05, 3.63) is 24.4 Å². The normalized spacial score (nSPS) is 17.2. The topological polar surface area (TPSA) is 34.6 Å². The van der Waals surface area contributed by atoms with Crippen LogP contribution in [0.25, 0.3) is 0 Å². The van der Waals surface area contributed by atoms with Crippen molar-refractivity contribution in [1.29, 1.82) is 0 Å². The summed E-state index contributed by atoms with van der Waals surface area (Å²) in [5, 5.41) is 0. The number of hydrogen-bond donors (Lipinski definition) is 0. The Kier molecular flexibility index (Phi) is 4.58. The van der Waals surface area contributed by atoms with E-state index in [2.05, 4.69) is 9.88 Å². The minimum atomic E-state index is 0.712.